The molecule has 2 aromatic rings. The van der Waals surface area contributed by atoms with Gasteiger partial charge in [0.05, 0.1) is 12.8 Å². The Hall–Kier alpha value is -3.29. The molecule has 1 aromatic carbocycles. The number of aryl methyl sites for hydroxylation is 1. The molecule has 0 spiro atoms. The second-order valence-corrected chi connectivity index (χ2v) is 6.01. The molecule has 28 heavy (non-hydrogen) atoms. The Balaban J connectivity index is 1.48. The molecule has 2 rings (SSSR count). The number of benzene rings is 1. The van der Waals surface area contributed by atoms with E-state index in [2.05, 4.69) is 10.6 Å². The Morgan fingerprint density at radius 1 is 1.07 bits per heavy atom. The summed E-state index contributed by atoms with van der Waals surface area (Å²) in [6.45, 7) is 2.55. The van der Waals surface area contributed by atoms with Crippen LogP contribution in [0.2, 0.25) is 0 Å². The maximum absolute atomic E-state index is 11.7. The number of carbonyl (C=O) groups excluding carboxylic acids is 3. The number of amides is 2. The predicted octanol–water partition coefficient (Wildman–Crippen LogP) is 1.84. The Kier molecular flexibility index (Phi) is 8.58. The van der Waals surface area contributed by atoms with E-state index in [0.29, 0.717) is 26.1 Å². The van der Waals surface area contributed by atoms with Gasteiger partial charge < -0.3 is 24.5 Å². The number of rotatable bonds is 11. The molecule has 0 aliphatic carbocycles. The molecule has 2 N–H and O–H groups in total. The summed E-state index contributed by atoms with van der Waals surface area (Å²) in [4.78, 5) is 34.9. The van der Waals surface area contributed by atoms with E-state index in [-0.39, 0.29) is 24.7 Å². The van der Waals surface area contributed by atoms with Gasteiger partial charge >= 0.3 is 5.97 Å². The fraction of sp³-hybridized carbons (Fsp3) is 0.350. The van der Waals surface area contributed by atoms with Gasteiger partial charge in [-0.15, -0.1) is 0 Å². The molecule has 8 nitrogen and oxygen atoms in total. The minimum Gasteiger partial charge on any atom is -0.492 e. The Labute approximate surface area is 163 Å². The molecule has 1 heterocycles. The smallest absolute Gasteiger partial charge is 0.306 e. The number of hydrogen-bond donors (Lipinski definition) is 2. The zero-order chi connectivity index (χ0) is 20.2. The van der Waals surface area contributed by atoms with Gasteiger partial charge in [-0.3, -0.25) is 14.4 Å². The number of hydrogen-bond acceptors (Lipinski definition) is 6. The normalized spacial score (nSPS) is 10.2. The minimum absolute atomic E-state index is 0.0994. The van der Waals surface area contributed by atoms with Crippen molar-refractivity contribution in [3.05, 3.63) is 54.0 Å². The van der Waals surface area contributed by atoms with E-state index >= 15 is 0 Å². The standard InChI is InChI=1S/C20H24N2O6/c1-15-5-2-6-16(13-15)26-12-10-21-18(23)14-28-19(24)8-3-9-22-20(25)17-7-4-11-27-17/h2,4-7,11,13H,3,8-10,12,14H2,1H3,(H,21,23)(H,22,25). The molecule has 2 amide bonds. The number of carbonyl (C=O) groups is 3. The summed E-state index contributed by atoms with van der Waals surface area (Å²) in [6.07, 6.45) is 1.91. The second-order valence-electron chi connectivity index (χ2n) is 6.01. The number of nitrogens with one attached hydrogen (secondary N) is 2. The first-order chi connectivity index (χ1) is 13.5. The van der Waals surface area contributed by atoms with Crippen LogP contribution in [0.25, 0.3) is 0 Å². The first kappa shape index (κ1) is 21.0. The van der Waals surface area contributed by atoms with E-state index < -0.39 is 11.9 Å². The summed E-state index contributed by atoms with van der Waals surface area (Å²) in [5.41, 5.74) is 1.09. The van der Waals surface area contributed by atoms with Gasteiger partial charge in [0.25, 0.3) is 11.8 Å². The predicted molar refractivity (Wildman–Crippen MR) is 101 cm³/mol. The van der Waals surface area contributed by atoms with Gasteiger partial charge in [-0.2, -0.15) is 0 Å². The number of esters is 1. The molecular weight excluding hydrogens is 364 g/mol. The van der Waals surface area contributed by atoms with Crippen LogP contribution < -0.4 is 15.4 Å². The van der Waals surface area contributed by atoms with Crippen LogP contribution in [0.3, 0.4) is 0 Å². The van der Waals surface area contributed by atoms with Crippen molar-refractivity contribution < 1.29 is 28.3 Å². The first-order valence-electron chi connectivity index (χ1n) is 8.98. The Bertz CT molecular complexity index is 773. The molecule has 1 aromatic heterocycles. The third kappa shape index (κ3) is 7.94. The lowest BCUT2D eigenvalue weighted by Gasteiger charge is -2.09. The van der Waals surface area contributed by atoms with Crippen molar-refractivity contribution in [1.29, 1.82) is 0 Å². The molecule has 0 atom stereocenters. The molecule has 150 valence electrons. The third-order valence-corrected chi connectivity index (χ3v) is 3.63. The molecule has 0 saturated carbocycles. The van der Waals surface area contributed by atoms with Gasteiger partial charge in [-0.05, 0) is 43.2 Å². The van der Waals surface area contributed by atoms with Crippen LogP contribution in [0.5, 0.6) is 5.75 Å². The second kappa shape index (κ2) is 11.4. The molecule has 0 unspecified atom stereocenters. The lowest BCUT2D eigenvalue weighted by Crippen LogP contribution is -2.32. The van der Waals surface area contributed by atoms with Crippen LogP contribution in [0.1, 0.15) is 29.0 Å². The van der Waals surface area contributed by atoms with E-state index in [1.807, 2.05) is 31.2 Å². The van der Waals surface area contributed by atoms with Gasteiger partial charge in [0.15, 0.2) is 12.4 Å². The summed E-state index contributed by atoms with van der Waals surface area (Å²) in [6, 6.07) is 10.8. The van der Waals surface area contributed by atoms with Gasteiger partial charge in [0, 0.05) is 13.0 Å². The van der Waals surface area contributed by atoms with Gasteiger partial charge in [0.1, 0.15) is 12.4 Å². The van der Waals surface area contributed by atoms with E-state index in [9.17, 15) is 14.4 Å². The average molecular weight is 388 g/mol. The highest BCUT2D eigenvalue weighted by molar-refractivity contribution is 5.91. The van der Waals surface area contributed by atoms with Crippen molar-refractivity contribution in [2.45, 2.75) is 19.8 Å². The van der Waals surface area contributed by atoms with Crippen LogP contribution in [0.15, 0.2) is 47.1 Å². The van der Waals surface area contributed by atoms with Gasteiger partial charge in [0.2, 0.25) is 0 Å². The maximum Gasteiger partial charge on any atom is 0.306 e. The van der Waals surface area contributed by atoms with Crippen molar-refractivity contribution >= 4 is 17.8 Å². The van der Waals surface area contributed by atoms with Crippen molar-refractivity contribution in [3.63, 3.8) is 0 Å². The molecule has 0 aliphatic heterocycles. The summed E-state index contributed by atoms with van der Waals surface area (Å²) in [5, 5.41) is 5.24. The van der Waals surface area contributed by atoms with Crippen molar-refractivity contribution in [2.24, 2.45) is 0 Å². The quantitative estimate of drug-likeness (QED) is 0.449. The fourth-order valence-corrected chi connectivity index (χ4v) is 2.26. The zero-order valence-electron chi connectivity index (χ0n) is 15.7. The Morgan fingerprint density at radius 2 is 1.93 bits per heavy atom. The largest absolute Gasteiger partial charge is 0.492 e. The van der Waals surface area contributed by atoms with Gasteiger partial charge in [-0.1, -0.05) is 12.1 Å². The summed E-state index contributed by atoms with van der Waals surface area (Å²) < 4.78 is 15.4. The van der Waals surface area contributed by atoms with Crippen molar-refractivity contribution in [3.8, 4) is 5.75 Å². The summed E-state index contributed by atoms with van der Waals surface area (Å²) >= 11 is 0. The minimum atomic E-state index is -0.501. The molecular formula is C20H24N2O6. The van der Waals surface area contributed by atoms with Crippen LogP contribution in [0, 0.1) is 6.92 Å². The highest BCUT2D eigenvalue weighted by Crippen LogP contribution is 2.11. The van der Waals surface area contributed by atoms with Crippen molar-refractivity contribution in [2.75, 3.05) is 26.3 Å². The first-order valence-corrected chi connectivity index (χ1v) is 8.98. The molecule has 0 radical (unpaired) electrons. The van der Waals surface area contributed by atoms with E-state index in [4.69, 9.17) is 13.9 Å². The Morgan fingerprint density at radius 3 is 2.68 bits per heavy atom. The van der Waals surface area contributed by atoms with E-state index in [1.165, 1.54) is 6.26 Å². The molecule has 0 saturated heterocycles. The van der Waals surface area contributed by atoms with Crippen molar-refractivity contribution in [1.82, 2.24) is 10.6 Å². The third-order valence-electron chi connectivity index (χ3n) is 3.63. The van der Waals surface area contributed by atoms with Crippen LogP contribution in [-0.4, -0.2) is 44.1 Å². The van der Waals surface area contributed by atoms with Gasteiger partial charge in [-0.25, -0.2) is 0 Å². The average Bonchev–Trinajstić information content (AvgIpc) is 3.22. The fourth-order valence-electron chi connectivity index (χ4n) is 2.26. The molecule has 8 heteroatoms. The molecule has 0 bridgehead atoms. The van der Waals surface area contributed by atoms with Crippen LogP contribution in [0.4, 0.5) is 0 Å². The summed E-state index contributed by atoms with van der Waals surface area (Å²) in [7, 11) is 0. The highest BCUT2D eigenvalue weighted by Gasteiger charge is 2.09. The van der Waals surface area contributed by atoms with Crippen LogP contribution >= 0.6 is 0 Å². The SMILES string of the molecule is Cc1cccc(OCCNC(=O)COC(=O)CCCNC(=O)c2ccco2)c1. The number of furan rings is 1. The lowest BCUT2D eigenvalue weighted by molar-refractivity contribution is -0.148. The molecule has 0 aliphatic rings. The van der Waals surface area contributed by atoms with E-state index in [0.717, 1.165) is 11.3 Å². The van der Waals surface area contributed by atoms with E-state index in [1.54, 1.807) is 12.1 Å². The summed E-state index contributed by atoms with van der Waals surface area (Å²) in [5.74, 6) is -0.290. The monoisotopic (exact) mass is 388 g/mol. The maximum atomic E-state index is 11.7. The molecule has 0 fully saturated rings. The lowest BCUT2D eigenvalue weighted by atomic mass is 10.2. The zero-order valence-corrected chi connectivity index (χ0v) is 15.7. The number of ether oxygens (including phenoxy) is 2. The highest BCUT2D eigenvalue weighted by atomic mass is 16.5. The topological polar surface area (TPSA) is 107 Å². The van der Waals surface area contributed by atoms with Crippen LogP contribution in [-0.2, 0) is 14.3 Å².